The molecule has 22 nitrogen and oxygen atoms in total. The van der Waals surface area contributed by atoms with Gasteiger partial charge in [0.15, 0.2) is 0 Å². The van der Waals surface area contributed by atoms with Crippen molar-refractivity contribution in [3.05, 3.63) is 76.7 Å². The number of imide groups is 1. The summed E-state index contributed by atoms with van der Waals surface area (Å²) in [5.74, 6) is -5.30. The first-order valence-electron chi connectivity index (χ1n) is 20.0. The zero-order chi connectivity index (χ0) is 48.9. The molecule has 1 saturated heterocycles. The van der Waals surface area contributed by atoms with E-state index in [4.69, 9.17) is 4.84 Å². The predicted molar refractivity (Wildman–Crippen MR) is 239 cm³/mol. The van der Waals surface area contributed by atoms with Gasteiger partial charge in [-0.05, 0) is 13.3 Å². The molecule has 1 fully saturated rings. The summed E-state index contributed by atoms with van der Waals surface area (Å²) in [5, 5.41) is -2.18. The van der Waals surface area contributed by atoms with E-state index in [0.29, 0.717) is 47.9 Å². The second-order valence-electron chi connectivity index (χ2n) is 14.9. The number of benzene rings is 1. The van der Waals surface area contributed by atoms with Gasteiger partial charge < -0.3 is 0 Å². The van der Waals surface area contributed by atoms with Crippen LogP contribution in [-0.2, 0) is 77.5 Å². The van der Waals surface area contributed by atoms with Crippen LogP contribution in [0.4, 0.5) is 0 Å². The number of amides is 3. The summed E-state index contributed by atoms with van der Waals surface area (Å²) in [7, 11) is -17.8. The van der Waals surface area contributed by atoms with E-state index in [1.54, 1.807) is 40.8 Å². The molecule has 0 bridgehead atoms. The average Bonchev–Trinajstić information content (AvgIpc) is 3.81. The first-order chi connectivity index (χ1) is 30.7. The van der Waals surface area contributed by atoms with Crippen LogP contribution in [0.15, 0.2) is 63.1 Å². The Hall–Kier alpha value is -4.37. The standard InChI is InChI=1S/C38H45N5O17S5Te/c1-4-6-16-62(49,50)39-32(44)19-26-18-25(24(3)23-40(26)5-2)10-13-29-37(47)42(14-7-9-36(46)60-43-33(45)21-30(38(43)48)65(57,58)59)34(61-29)22-35-41(15-8-17-63(51,52)53)28-12-11-27(64(54,55)56)20-31(28)66-35/h10-13,18,20,22-23,30H,4-9,14-17,19,21H2,1-3H3,(H3-,39,44,51,52,53,54,55,56,57,58,59)/p+1. The molecule has 0 aliphatic carbocycles. The fraction of sp³-hybridized carbons (Fsp3) is 0.421. The molecule has 3 amide bonds. The van der Waals surface area contributed by atoms with Crippen molar-refractivity contribution in [1.82, 2.24) is 19.3 Å². The molecule has 4 N–H and O–H groups in total. The quantitative estimate of drug-likeness (QED) is 0.0479. The van der Waals surface area contributed by atoms with E-state index in [9.17, 15) is 71.3 Å². The average molecular weight is 1130 g/mol. The Labute approximate surface area is 393 Å². The van der Waals surface area contributed by atoms with E-state index >= 15 is 0 Å². The second kappa shape index (κ2) is 21.3. The number of carbonyl (C=O) groups is 4. The minimum atomic E-state index is -4.98. The second-order valence-corrected chi connectivity index (χ2v) is 25.5. The van der Waals surface area contributed by atoms with Gasteiger partial charge in [-0.3, -0.25) is 14.1 Å². The van der Waals surface area contributed by atoms with Gasteiger partial charge in [0.05, 0.1) is 5.75 Å². The minimum Gasteiger partial charge on any atom is -0.0471 e. The number of fused-ring (bicyclic) bond motifs is 1. The smallest absolute Gasteiger partial charge is 0.0471 e. The van der Waals surface area contributed by atoms with E-state index in [1.807, 2.05) is 13.8 Å². The number of sulfonamides is 1. The molecule has 4 heterocycles. The first-order valence-corrected chi connectivity index (χ1v) is 29.3. The number of unbranched alkanes of at least 4 members (excludes halogenated alkanes) is 1. The zero-order valence-corrected chi connectivity index (χ0v) is 41.9. The van der Waals surface area contributed by atoms with Crippen molar-refractivity contribution < 1.29 is 75.9 Å². The Balaban J connectivity index is 1.57. The number of nitrogens with one attached hydrogen (secondary N) is 1. The fourth-order valence-electron chi connectivity index (χ4n) is 6.72. The van der Waals surface area contributed by atoms with Crippen molar-refractivity contribution in [2.45, 2.75) is 89.0 Å². The molecular formula is C38H46N5O17S5Te+. The third-order valence-corrected chi connectivity index (χ3v) is 18.3. The predicted octanol–water partition coefficient (Wildman–Crippen LogP) is -0.519. The molecule has 0 saturated carbocycles. The van der Waals surface area contributed by atoms with Gasteiger partial charge in [0.2, 0.25) is 10.0 Å². The van der Waals surface area contributed by atoms with Crippen molar-refractivity contribution in [2.75, 3.05) is 18.1 Å². The number of thiazole rings is 1. The summed E-state index contributed by atoms with van der Waals surface area (Å²) in [6.07, 6.45) is 7.35. The summed E-state index contributed by atoms with van der Waals surface area (Å²) in [4.78, 5) is 70.8. The van der Waals surface area contributed by atoms with E-state index in [-0.39, 0.29) is 52.6 Å². The molecule has 0 radical (unpaired) electrons. The Morgan fingerprint density at radius 2 is 1.70 bits per heavy atom. The van der Waals surface area contributed by atoms with Crippen LogP contribution >= 0.6 is 11.3 Å². The number of aromatic nitrogens is 2. The Bertz CT molecular complexity index is 3210. The van der Waals surface area contributed by atoms with Gasteiger partial charge in [0.1, 0.15) is 0 Å². The molecule has 5 rings (SSSR count). The molecule has 360 valence electrons. The summed E-state index contributed by atoms with van der Waals surface area (Å²) >= 11 is -0.492. The Morgan fingerprint density at radius 3 is 2.32 bits per heavy atom. The van der Waals surface area contributed by atoms with Crippen molar-refractivity contribution in [3.8, 4) is 0 Å². The van der Waals surface area contributed by atoms with Crippen molar-refractivity contribution in [1.29, 1.82) is 0 Å². The van der Waals surface area contributed by atoms with Gasteiger partial charge in [-0.25, -0.2) is 8.42 Å². The molecule has 2 aliphatic heterocycles. The normalized spacial score (nSPS) is 17.5. The zero-order valence-electron chi connectivity index (χ0n) is 35.5. The molecule has 2 aliphatic rings. The molecule has 66 heavy (non-hydrogen) atoms. The molecule has 2 aromatic heterocycles. The third-order valence-electron chi connectivity index (χ3n) is 9.97. The summed E-state index contributed by atoms with van der Waals surface area (Å²) in [6.45, 7) is 5.78. The SMILES string of the molecule is CCCCS(=O)(=O)NC(=O)CC1=CC(=CC=c2sc(=Cc3[te]c4cc(S(=O)(=O)O)ccc4[n+]3CCCS(=O)(=O)O)n(CCCC(=O)ON3C(=O)CC(S(=O)(=O)O)C3=O)c2=O)C(C)=CN1CC. The number of nitrogens with zero attached hydrogens (tertiary/aromatic N) is 4. The number of hydroxylamine groups is 2. The summed E-state index contributed by atoms with van der Waals surface area (Å²) < 4.78 is 130. The molecule has 1 unspecified atom stereocenters. The van der Waals surface area contributed by atoms with E-state index in [2.05, 4.69) is 4.72 Å². The number of carbonyl (C=O) groups excluding carboxylic acids is 4. The van der Waals surface area contributed by atoms with Gasteiger partial charge in [0, 0.05) is 0 Å². The number of rotatable bonds is 20. The van der Waals surface area contributed by atoms with Crippen LogP contribution in [-0.4, -0.2) is 129 Å². The van der Waals surface area contributed by atoms with Gasteiger partial charge in [0.25, 0.3) is 10.1 Å². The van der Waals surface area contributed by atoms with E-state index in [0.717, 1.165) is 16.9 Å². The van der Waals surface area contributed by atoms with Crippen LogP contribution < -0.4 is 24.0 Å². The van der Waals surface area contributed by atoms with Crippen molar-refractivity contribution in [2.24, 2.45) is 0 Å². The topological polar surface area (TPSA) is 319 Å². The molecule has 3 aromatic rings. The molecule has 1 aromatic carbocycles. The number of allylic oxidation sites excluding steroid dienone is 4. The molecular weight excluding hydrogens is 1090 g/mol. The number of hydrogen-bond acceptors (Lipinski definition) is 16. The van der Waals surface area contributed by atoms with Crippen LogP contribution in [0.5, 0.6) is 0 Å². The van der Waals surface area contributed by atoms with Crippen molar-refractivity contribution in [3.63, 3.8) is 0 Å². The fourth-order valence-corrected chi connectivity index (χ4v) is 14.4. The van der Waals surface area contributed by atoms with Crippen LogP contribution in [0.2, 0.25) is 0 Å². The monoisotopic (exact) mass is 1130 g/mol. The maximum atomic E-state index is 14.2. The van der Waals surface area contributed by atoms with Gasteiger partial charge in [-0.1, -0.05) is 13.3 Å². The van der Waals surface area contributed by atoms with Crippen LogP contribution in [0.25, 0.3) is 21.1 Å². The van der Waals surface area contributed by atoms with Gasteiger partial charge >= 0.3 is 312 Å². The van der Waals surface area contributed by atoms with Crippen LogP contribution in [0.3, 0.4) is 0 Å². The summed E-state index contributed by atoms with van der Waals surface area (Å²) in [5.41, 5.74) is 1.76. The van der Waals surface area contributed by atoms with Gasteiger partial charge in [-0.15, -0.1) is 0 Å². The molecule has 28 heteroatoms. The molecule has 1 atom stereocenters. The Kier molecular flexibility index (Phi) is 17.0. The minimum absolute atomic E-state index is 0.0330. The third kappa shape index (κ3) is 13.6. The van der Waals surface area contributed by atoms with Gasteiger partial charge in [-0.2, -0.15) is 8.42 Å². The van der Waals surface area contributed by atoms with E-state index < -0.39 is 114 Å². The Morgan fingerprint density at radius 1 is 0.985 bits per heavy atom. The number of aryl methyl sites for hydroxylation is 1. The maximum absolute atomic E-state index is 14.2. The number of hydrogen-bond donors (Lipinski definition) is 4. The summed E-state index contributed by atoms with van der Waals surface area (Å²) in [6, 6.07) is 3.92. The van der Waals surface area contributed by atoms with Crippen molar-refractivity contribution >= 4 is 117 Å². The first kappa shape index (κ1) is 52.6. The van der Waals surface area contributed by atoms with E-state index in [1.165, 1.54) is 28.8 Å². The van der Waals surface area contributed by atoms with Crippen LogP contribution in [0, 0.1) is 0 Å². The molecule has 0 spiro atoms. The van der Waals surface area contributed by atoms with Crippen LogP contribution in [0.1, 0.15) is 69.4 Å².